The minimum atomic E-state index is -0.700. The second kappa shape index (κ2) is 3.64. The van der Waals surface area contributed by atoms with Crippen molar-refractivity contribution in [3.63, 3.8) is 0 Å². The largest absolute Gasteiger partial charge is 0.472 e. The fourth-order valence-corrected chi connectivity index (χ4v) is 1.32. The zero-order valence-corrected chi connectivity index (χ0v) is 7.84. The number of aryl methyl sites for hydroxylation is 1. The summed E-state index contributed by atoms with van der Waals surface area (Å²) < 4.78 is 4.90. The molecule has 0 radical (unpaired) electrons. The molecular formula is C11H11NO2. The van der Waals surface area contributed by atoms with E-state index >= 15 is 0 Å². The Kier molecular flexibility index (Phi) is 2.33. The van der Waals surface area contributed by atoms with Gasteiger partial charge in [-0.15, -0.1) is 0 Å². The molecule has 0 aliphatic rings. The van der Waals surface area contributed by atoms with E-state index in [0.717, 1.165) is 11.3 Å². The second-order valence-corrected chi connectivity index (χ2v) is 3.16. The highest BCUT2D eigenvalue weighted by Crippen LogP contribution is 2.20. The molecule has 0 bridgehead atoms. The van der Waals surface area contributed by atoms with E-state index in [2.05, 4.69) is 4.98 Å². The molecule has 1 atom stereocenters. The SMILES string of the molecule is Cc1cccc(C(O)c2ccoc2)n1. The number of aromatic nitrogens is 1. The summed E-state index contributed by atoms with van der Waals surface area (Å²) in [6.07, 6.45) is 2.36. The maximum Gasteiger partial charge on any atom is 0.124 e. The Morgan fingerprint density at radius 1 is 1.36 bits per heavy atom. The summed E-state index contributed by atoms with van der Waals surface area (Å²) >= 11 is 0. The van der Waals surface area contributed by atoms with Gasteiger partial charge in [0.25, 0.3) is 0 Å². The fourth-order valence-electron chi connectivity index (χ4n) is 1.32. The van der Waals surface area contributed by atoms with Crippen LogP contribution in [0.1, 0.15) is 23.1 Å². The lowest BCUT2D eigenvalue weighted by atomic mass is 10.1. The van der Waals surface area contributed by atoms with Gasteiger partial charge in [-0.3, -0.25) is 4.98 Å². The lowest BCUT2D eigenvalue weighted by Gasteiger charge is -2.07. The predicted octanol–water partition coefficient (Wildman–Crippen LogP) is 2.06. The summed E-state index contributed by atoms with van der Waals surface area (Å²) in [7, 11) is 0. The van der Waals surface area contributed by atoms with Gasteiger partial charge in [-0.25, -0.2) is 0 Å². The molecule has 0 fully saturated rings. The summed E-state index contributed by atoms with van der Waals surface area (Å²) in [6, 6.07) is 7.30. The zero-order chi connectivity index (χ0) is 9.97. The van der Waals surface area contributed by atoms with E-state index in [0.29, 0.717) is 5.69 Å². The van der Waals surface area contributed by atoms with Crippen LogP contribution in [0, 0.1) is 6.92 Å². The number of aliphatic hydroxyl groups excluding tert-OH is 1. The van der Waals surface area contributed by atoms with E-state index in [-0.39, 0.29) is 0 Å². The Bertz CT molecular complexity index is 409. The molecule has 0 saturated carbocycles. The smallest absolute Gasteiger partial charge is 0.124 e. The molecule has 0 spiro atoms. The van der Waals surface area contributed by atoms with Crippen molar-refractivity contribution in [3.8, 4) is 0 Å². The van der Waals surface area contributed by atoms with Crippen molar-refractivity contribution in [2.45, 2.75) is 13.0 Å². The third-order valence-electron chi connectivity index (χ3n) is 2.05. The molecule has 2 aromatic heterocycles. The molecule has 2 aromatic rings. The van der Waals surface area contributed by atoms with Crippen molar-refractivity contribution in [2.75, 3.05) is 0 Å². The summed E-state index contributed by atoms with van der Waals surface area (Å²) in [6.45, 7) is 1.89. The first-order chi connectivity index (χ1) is 6.77. The Hall–Kier alpha value is -1.61. The van der Waals surface area contributed by atoms with E-state index in [1.165, 1.54) is 12.5 Å². The number of furan rings is 1. The first-order valence-corrected chi connectivity index (χ1v) is 4.41. The number of rotatable bonds is 2. The molecule has 0 aromatic carbocycles. The van der Waals surface area contributed by atoms with Crippen LogP contribution in [0.3, 0.4) is 0 Å². The normalized spacial score (nSPS) is 12.7. The van der Waals surface area contributed by atoms with Crippen molar-refractivity contribution in [3.05, 3.63) is 53.7 Å². The molecule has 1 N–H and O–H groups in total. The lowest BCUT2D eigenvalue weighted by molar-refractivity contribution is 0.214. The highest BCUT2D eigenvalue weighted by Gasteiger charge is 2.12. The summed E-state index contributed by atoms with van der Waals surface area (Å²) in [4.78, 5) is 4.24. The Morgan fingerprint density at radius 2 is 2.21 bits per heavy atom. The van der Waals surface area contributed by atoms with Gasteiger partial charge in [-0.05, 0) is 25.1 Å². The Morgan fingerprint density at radius 3 is 2.86 bits per heavy atom. The van der Waals surface area contributed by atoms with Crippen LogP contribution in [0.5, 0.6) is 0 Å². The molecule has 3 nitrogen and oxygen atoms in total. The van der Waals surface area contributed by atoms with Crippen molar-refractivity contribution in [1.29, 1.82) is 0 Å². The van der Waals surface area contributed by atoms with E-state index in [9.17, 15) is 5.11 Å². The van der Waals surface area contributed by atoms with Crippen LogP contribution in [0.4, 0.5) is 0 Å². The van der Waals surface area contributed by atoms with Gasteiger partial charge in [0.2, 0.25) is 0 Å². The van der Waals surface area contributed by atoms with Crippen molar-refractivity contribution in [1.82, 2.24) is 4.98 Å². The van der Waals surface area contributed by atoms with Gasteiger partial charge in [-0.2, -0.15) is 0 Å². The monoisotopic (exact) mass is 189 g/mol. The van der Waals surface area contributed by atoms with Crippen LogP contribution in [0.2, 0.25) is 0 Å². The van der Waals surface area contributed by atoms with Gasteiger partial charge in [0.05, 0.1) is 18.2 Å². The number of hydrogen-bond donors (Lipinski definition) is 1. The number of nitrogens with zero attached hydrogens (tertiary/aromatic N) is 1. The van der Waals surface area contributed by atoms with Gasteiger partial charge in [0, 0.05) is 11.3 Å². The Labute approximate surface area is 82.0 Å². The number of hydrogen-bond acceptors (Lipinski definition) is 3. The van der Waals surface area contributed by atoms with Crippen molar-refractivity contribution in [2.24, 2.45) is 0 Å². The number of aliphatic hydroxyl groups is 1. The second-order valence-electron chi connectivity index (χ2n) is 3.16. The van der Waals surface area contributed by atoms with Gasteiger partial charge in [0.15, 0.2) is 0 Å². The molecule has 3 heteroatoms. The maximum atomic E-state index is 9.88. The molecule has 72 valence electrons. The molecular weight excluding hydrogens is 178 g/mol. The van der Waals surface area contributed by atoms with E-state index in [4.69, 9.17) is 4.42 Å². The Balaban J connectivity index is 2.32. The third kappa shape index (κ3) is 1.67. The fraction of sp³-hybridized carbons (Fsp3) is 0.182. The lowest BCUT2D eigenvalue weighted by Crippen LogP contribution is -2.01. The van der Waals surface area contributed by atoms with Crippen molar-refractivity contribution < 1.29 is 9.52 Å². The average molecular weight is 189 g/mol. The van der Waals surface area contributed by atoms with Gasteiger partial charge in [-0.1, -0.05) is 6.07 Å². The van der Waals surface area contributed by atoms with Gasteiger partial charge in [0.1, 0.15) is 6.10 Å². The van der Waals surface area contributed by atoms with E-state index in [1.54, 1.807) is 12.1 Å². The number of pyridine rings is 1. The molecule has 2 heterocycles. The summed E-state index contributed by atoms with van der Waals surface area (Å²) in [5.74, 6) is 0. The van der Waals surface area contributed by atoms with Crippen LogP contribution >= 0.6 is 0 Å². The zero-order valence-electron chi connectivity index (χ0n) is 7.84. The van der Waals surface area contributed by atoms with Crippen LogP contribution in [0.15, 0.2) is 41.2 Å². The first-order valence-electron chi connectivity index (χ1n) is 4.41. The quantitative estimate of drug-likeness (QED) is 0.786. The average Bonchev–Trinajstić information content (AvgIpc) is 2.69. The predicted molar refractivity (Wildman–Crippen MR) is 51.7 cm³/mol. The topological polar surface area (TPSA) is 46.3 Å². The molecule has 0 aliphatic heterocycles. The molecule has 2 rings (SSSR count). The van der Waals surface area contributed by atoms with Crippen molar-refractivity contribution >= 4 is 0 Å². The molecule has 1 unspecified atom stereocenters. The first kappa shape index (κ1) is 8.97. The van der Waals surface area contributed by atoms with Gasteiger partial charge < -0.3 is 9.52 Å². The van der Waals surface area contributed by atoms with Crippen LogP contribution in [0.25, 0.3) is 0 Å². The third-order valence-corrected chi connectivity index (χ3v) is 2.05. The maximum absolute atomic E-state index is 9.88. The van der Waals surface area contributed by atoms with Gasteiger partial charge >= 0.3 is 0 Å². The van der Waals surface area contributed by atoms with E-state index in [1.807, 2.05) is 19.1 Å². The van der Waals surface area contributed by atoms with Crippen LogP contribution in [-0.2, 0) is 0 Å². The molecule has 14 heavy (non-hydrogen) atoms. The highest BCUT2D eigenvalue weighted by atomic mass is 16.3. The van der Waals surface area contributed by atoms with E-state index < -0.39 is 6.10 Å². The van der Waals surface area contributed by atoms with Crippen LogP contribution < -0.4 is 0 Å². The molecule has 0 amide bonds. The highest BCUT2D eigenvalue weighted by molar-refractivity contribution is 5.22. The molecule has 0 aliphatic carbocycles. The van der Waals surface area contributed by atoms with Crippen LogP contribution in [-0.4, -0.2) is 10.1 Å². The standard InChI is InChI=1S/C11H11NO2/c1-8-3-2-4-10(12-8)11(13)9-5-6-14-7-9/h2-7,11,13H,1H3. The summed E-state index contributed by atoms with van der Waals surface area (Å²) in [5.41, 5.74) is 2.26. The molecule has 0 saturated heterocycles. The minimum Gasteiger partial charge on any atom is -0.472 e. The minimum absolute atomic E-state index is 0.645. The summed E-state index contributed by atoms with van der Waals surface area (Å²) in [5, 5.41) is 9.88.